The van der Waals surface area contributed by atoms with Crippen LogP contribution in [0.3, 0.4) is 0 Å². The van der Waals surface area contributed by atoms with Gasteiger partial charge in [-0.1, -0.05) is 0 Å². The molecule has 0 aliphatic carbocycles. The lowest BCUT2D eigenvalue weighted by Crippen LogP contribution is -2.34. The molecule has 2 aromatic rings. The van der Waals surface area contributed by atoms with Crippen LogP contribution in [-0.4, -0.2) is 52.3 Å². The van der Waals surface area contributed by atoms with Crippen molar-refractivity contribution in [2.75, 3.05) is 6.61 Å². The van der Waals surface area contributed by atoms with Gasteiger partial charge in [0.1, 0.15) is 17.5 Å². The van der Waals surface area contributed by atoms with Crippen LogP contribution in [0, 0.1) is 0 Å². The minimum absolute atomic E-state index is 0.671. The van der Waals surface area contributed by atoms with Gasteiger partial charge in [0.15, 0.2) is 17.3 Å². The standard InChI is InChI=1S/C10H10N2O8/c13-1-10(19,20)9-11-3-2(8(18)12-9)4(14)6(16)7(17)5(3)15/h13-17,19-20H,1H2,(H,11,12,18). The molecule has 2 rings (SSSR count). The fourth-order valence-corrected chi connectivity index (χ4v) is 1.58. The second kappa shape index (κ2) is 4.23. The average molecular weight is 286 g/mol. The molecule has 20 heavy (non-hydrogen) atoms. The van der Waals surface area contributed by atoms with Gasteiger partial charge in [-0.15, -0.1) is 0 Å². The molecule has 0 atom stereocenters. The zero-order valence-corrected chi connectivity index (χ0v) is 9.69. The number of nitrogens with zero attached hydrogens (tertiary/aromatic N) is 1. The molecule has 10 heteroatoms. The van der Waals surface area contributed by atoms with E-state index in [1.54, 1.807) is 0 Å². The number of nitrogens with one attached hydrogen (secondary N) is 1. The molecule has 0 saturated carbocycles. The van der Waals surface area contributed by atoms with Gasteiger partial charge in [-0.05, 0) is 0 Å². The van der Waals surface area contributed by atoms with Crippen LogP contribution in [0.15, 0.2) is 4.79 Å². The number of fused-ring (bicyclic) bond motifs is 1. The lowest BCUT2D eigenvalue weighted by molar-refractivity contribution is -0.201. The van der Waals surface area contributed by atoms with E-state index in [4.69, 9.17) is 5.11 Å². The second-order valence-electron chi connectivity index (χ2n) is 4.01. The minimum Gasteiger partial charge on any atom is -0.504 e. The Morgan fingerprint density at radius 1 is 1.00 bits per heavy atom. The van der Waals surface area contributed by atoms with Crippen LogP contribution in [-0.2, 0) is 5.79 Å². The molecule has 0 fully saturated rings. The number of hydrogen-bond acceptors (Lipinski definition) is 9. The number of aromatic amines is 1. The summed E-state index contributed by atoms with van der Waals surface area (Å²) in [6.07, 6.45) is 0. The van der Waals surface area contributed by atoms with Gasteiger partial charge in [0.25, 0.3) is 5.56 Å². The third kappa shape index (κ3) is 1.79. The van der Waals surface area contributed by atoms with Crippen molar-refractivity contribution in [2.45, 2.75) is 5.79 Å². The van der Waals surface area contributed by atoms with Crippen LogP contribution >= 0.6 is 0 Å². The molecule has 0 bridgehead atoms. The predicted molar refractivity (Wildman–Crippen MR) is 62.2 cm³/mol. The molecule has 10 nitrogen and oxygen atoms in total. The van der Waals surface area contributed by atoms with Gasteiger partial charge >= 0.3 is 0 Å². The summed E-state index contributed by atoms with van der Waals surface area (Å²) >= 11 is 0. The highest BCUT2D eigenvalue weighted by Crippen LogP contribution is 2.46. The monoisotopic (exact) mass is 286 g/mol. The number of aliphatic hydroxyl groups is 3. The Labute approximate surface area is 109 Å². The summed E-state index contributed by atoms with van der Waals surface area (Å²) in [6.45, 7) is -1.21. The summed E-state index contributed by atoms with van der Waals surface area (Å²) in [4.78, 5) is 17.0. The van der Waals surface area contributed by atoms with Gasteiger partial charge in [0, 0.05) is 0 Å². The maximum atomic E-state index is 11.7. The smallest absolute Gasteiger partial charge is 0.262 e. The quantitative estimate of drug-likeness (QED) is 0.173. The van der Waals surface area contributed by atoms with Crippen LogP contribution in [0.5, 0.6) is 23.0 Å². The SMILES string of the molecule is O=c1[nH]c(C(O)(O)CO)nc2c(O)c(O)c(O)c(O)c12. The molecule has 1 aromatic heterocycles. The third-order valence-corrected chi connectivity index (χ3v) is 2.65. The largest absolute Gasteiger partial charge is 0.504 e. The van der Waals surface area contributed by atoms with Crippen LogP contribution < -0.4 is 5.56 Å². The molecule has 0 unspecified atom stereocenters. The molecular formula is C10H10N2O8. The number of phenols is 4. The Morgan fingerprint density at radius 2 is 1.55 bits per heavy atom. The molecule has 0 aliphatic rings. The van der Waals surface area contributed by atoms with Crippen molar-refractivity contribution in [2.24, 2.45) is 0 Å². The van der Waals surface area contributed by atoms with Gasteiger partial charge in [0.2, 0.25) is 17.3 Å². The molecule has 0 amide bonds. The van der Waals surface area contributed by atoms with Crippen LogP contribution in [0.4, 0.5) is 0 Å². The highest BCUT2D eigenvalue weighted by Gasteiger charge is 2.31. The Hall–Kier alpha value is -2.56. The molecule has 0 saturated heterocycles. The molecule has 1 aromatic carbocycles. The highest BCUT2D eigenvalue weighted by atomic mass is 16.5. The number of aliphatic hydroxyl groups excluding tert-OH is 1. The first-order valence-corrected chi connectivity index (χ1v) is 5.16. The molecule has 108 valence electrons. The van der Waals surface area contributed by atoms with E-state index in [-0.39, 0.29) is 0 Å². The first-order valence-electron chi connectivity index (χ1n) is 5.16. The van der Waals surface area contributed by atoms with Crippen LogP contribution in [0.1, 0.15) is 5.82 Å². The summed E-state index contributed by atoms with van der Waals surface area (Å²) in [5, 5.41) is 64.6. The maximum Gasteiger partial charge on any atom is 0.262 e. The fourth-order valence-electron chi connectivity index (χ4n) is 1.58. The number of aromatic nitrogens is 2. The van der Waals surface area contributed by atoms with Gasteiger partial charge in [-0.25, -0.2) is 4.98 Å². The lowest BCUT2D eigenvalue weighted by Gasteiger charge is -2.18. The summed E-state index contributed by atoms with van der Waals surface area (Å²) in [6, 6.07) is 0. The number of phenolic OH excluding ortho intramolecular Hbond substituents is 4. The van der Waals surface area contributed by atoms with Crippen molar-refractivity contribution in [1.29, 1.82) is 0 Å². The summed E-state index contributed by atoms with van der Waals surface area (Å²) < 4.78 is 0. The second-order valence-corrected chi connectivity index (χ2v) is 4.01. The van der Waals surface area contributed by atoms with Crippen LogP contribution in [0.2, 0.25) is 0 Å². The number of hydrogen-bond donors (Lipinski definition) is 8. The first-order chi connectivity index (χ1) is 9.20. The molecular weight excluding hydrogens is 276 g/mol. The summed E-state index contributed by atoms with van der Waals surface area (Å²) in [7, 11) is 0. The third-order valence-electron chi connectivity index (χ3n) is 2.65. The van der Waals surface area contributed by atoms with Crippen molar-refractivity contribution in [3.63, 3.8) is 0 Å². The Bertz CT molecular complexity index is 751. The number of aromatic hydroxyl groups is 4. The zero-order chi connectivity index (χ0) is 15.2. The molecule has 1 heterocycles. The van der Waals surface area contributed by atoms with Gasteiger partial charge in [-0.2, -0.15) is 0 Å². The van der Waals surface area contributed by atoms with Crippen molar-refractivity contribution < 1.29 is 35.7 Å². The van der Waals surface area contributed by atoms with Crippen molar-refractivity contribution in [1.82, 2.24) is 9.97 Å². The van der Waals surface area contributed by atoms with Gasteiger partial charge < -0.3 is 40.7 Å². The van der Waals surface area contributed by atoms with Crippen molar-refractivity contribution in [3.8, 4) is 23.0 Å². The number of benzene rings is 1. The lowest BCUT2D eigenvalue weighted by atomic mass is 10.1. The van der Waals surface area contributed by atoms with E-state index in [2.05, 4.69) is 4.98 Å². The fraction of sp³-hybridized carbons (Fsp3) is 0.200. The molecule has 8 N–H and O–H groups in total. The normalized spacial score (nSPS) is 11.9. The maximum absolute atomic E-state index is 11.7. The van der Waals surface area contributed by atoms with E-state index >= 15 is 0 Å². The Kier molecular flexibility index (Phi) is 2.93. The number of H-pyrrole nitrogens is 1. The van der Waals surface area contributed by atoms with E-state index in [9.17, 15) is 35.4 Å². The predicted octanol–water partition coefficient (Wildman–Crippen LogP) is -2.12. The van der Waals surface area contributed by atoms with E-state index in [0.717, 1.165) is 0 Å². The van der Waals surface area contributed by atoms with E-state index < -0.39 is 57.7 Å². The Morgan fingerprint density at radius 3 is 2.10 bits per heavy atom. The summed E-state index contributed by atoms with van der Waals surface area (Å²) in [5.74, 6) is -8.07. The van der Waals surface area contributed by atoms with Crippen molar-refractivity contribution >= 4 is 10.9 Å². The molecule has 0 spiro atoms. The van der Waals surface area contributed by atoms with Gasteiger partial charge in [-0.3, -0.25) is 4.79 Å². The number of rotatable bonds is 2. The topological polar surface area (TPSA) is 187 Å². The van der Waals surface area contributed by atoms with E-state index in [1.807, 2.05) is 4.98 Å². The zero-order valence-electron chi connectivity index (χ0n) is 9.69. The minimum atomic E-state index is -2.90. The van der Waals surface area contributed by atoms with Gasteiger partial charge in [0.05, 0.1) is 0 Å². The van der Waals surface area contributed by atoms with Crippen molar-refractivity contribution in [3.05, 3.63) is 16.2 Å². The molecule has 0 aliphatic heterocycles. The highest BCUT2D eigenvalue weighted by molar-refractivity contribution is 5.94. The first kappa shape index (κ1) is 13.9. The van der Waals surface area contributed by atoms with E-state index in [0.29, 0.717) is 0 Å². The average Bonchev–Trinajstić information content (AvgIpc) is 2.41. The molecule has 0 radical (unpaired) electrons. The van der Waals surface area contributed by atoms with Crippen LogP contribution in [0.25, 0.3) is 10.9 Å². The Balaban J connectivity index is 2.96. The van der Waals surface area contributed by atoms with E-state index in [1.165, 1.54) is 0 Å². The summed E-state index contributed by atoms with van der Waals surface area (Å²) in [5.41, 5.74) is -1.81.